The summed E-state index contributed by atoms with van der Waals surface area (Å²) < 4.78 is 42.1. The average molecular weight is 553 g/mol. The van der Waals surface area contributed by atoms with Gasteiger partial charge in [0.1, 0.15) is 6.54 Å². The molecule has 0 aliphatic rings. The number of carbonyl (C=O) groups is 1. The first-order valence-corrected chi connectivity index (χ1v) is 12.0. The van der Waals surface area contributed by atoms with Crippen LogP contribution in [0.2, 0.25) is 10.0 Å². The molecular formula is C24H21Cl2F3N6O2. The summed E-state index contributed by atoms with van der Waals surface area (Å²) in [7, 11) is 0. The third-order valence-corrected chi connectivity index (χ3v) is 5.98. The average Bonchev–Trinajstić information content (AvgIpc) is 3.38. The number of benzene rings is 2. The third kappa shape index (κ3) is 5.94. The van der Waals surface area contributed by atoms with Gasteiger partial charge in [-0.3, -0.25) is 9.36 Å². The largest absolute Gasteiger partial charge is 0.390 e. The Balaban J connectivity index is 1.78. The minimum absolute atomic E-state index is 0.0144. The Labute approximate surface area is 219 Å². The lowest BCUT2D eigenvalue weighted by molar-refractivity contribution is -0.136. The van der Waals surface area contributed by atoms with E-state index in [9.17, 15) is 22.8 Å². The number of hydrogen-bond acceptors (Lipinski definition) is 5. The molecule has 0 amide bonds. The summed E-state index contributed by atoms with van der Waals surface area (Å²) in [4.78, 5) is 30.3. The van der Waals surface area contributed by atoms with Crippen LogP contribution in [0.25, 0.3) is 17.1 Å². The van der Waals surface area contributed by atoms with Crippen LogP contribution >= 0.6 is 23.2 Å². The smallest absolute Gasteiger partial charge is 0.290 e. The lowest BCUT2D eigenvalue weighted by Gasteiger charge is -2.08. The van der Waals surface area contributed by atoms with Gasteiger partial charge in [0.15, 0.2) is 17.5 Å². The first-order valence-electron chi connectivity index (χ1n) is 11.2. The second-order valence-electron chi connectivity index (χ2n) is 8.52. The summed E-state index contributed by atoms with van der Waals surface area (Å²) in [5.74, 6) is -0.590. The van der Waals surface area contributed by atoms with E-state index in [1.165, 1.54) is 4.68 Å². The Morgan fingerprint density at radius 3 is 2.32 bits per heavy atom. The van der Waals surface area contributed by atoms with Gasteiger partial charge in [0.2, 0.25) is 5.78 Å². The van der Waals surface area contributed by atoms with E-state index in [2.05, 4.69) is 15.2 Å². The van der Waals surface area contributed by atoms with E-state index in [-0.39, 0.29) is 29.8 Å². The zero-order valence-electron chi connectivity index (χ0n) is 19.7. The van der Waals surface area contributed by atoms with Crippen molar-refractivity contribution in [3.8, 4) is 17.1 Å². The highest BCUT2D eigenvalue weighted by Crippen LogP contribution is 2.24. The molecule has 0 radical (unpaired) electrons. The van der Waals surface area contributed by atoms with Crippen LogP contribution in [0.5, 0.6) is 0 Å². The number of para-hydroxylation sites is 1. The van der Waals surface area contributed by atoms with Crippen molar-refractivity contribution >= 4 is 29.0 Å². The molecule has 0 fully saturated rings. The summed E-state index contributed by atoms with van der Waals surface area (Å²) in [6.07, 6.45) is -5.69. The predicted molar refractivity (Wildman–Crippen MR) is 132 cm³/mol. The van der Waals surface area contributed by atoms with Crippen molar-refractivity contribution in [1.29, 1.82) is 0 Å². The van der Waals surface area contributed by atoms with Gasteiger partial charge in [-0.25, -0.2) is 19.1 Å². The van der Waals surface area contributed by atoms with Gasteiger partial charge in [-0.15, -0.1) is 10.2 Å². The summed E-state index contributed by atoms with van der Waals surface area (Å²) >= 11 is 12.2. The van der Waals surface area contributed by atoms with Gasteiger partial charge in [0, 0.05) is 23.0 Å². The van der Waals surface area contributed by atoms with Gasteiger partial charge in [0.05, 0.1) is 17.1 Å². The Morgan fingerprint density at radius 2 is 1.70 bits per heavy atom. The van der Waals surface area contributed by atoms with Gasteiger partial charge < -0.3 is 0 Å². The second-order valence-corrected chi connectivity index (χ2v) is 9.36. The number of aromatic nitrogens is 6. The fourth-order valence-corrected chi connectivity index (χ4v) is 3.90. The molecule has 0 spiro atoms. The minimum atomic E-state index is -4.47. The molecule has 4 rings (SSSR count). The van der Waals surface area contributed by atoms with E-state index >= 15 is 0 Å². The van der Waals surface area contributed by atoms with E-state index in [0.717, 1.165) is 9.25 Å². The van der Waals surface area contributed by atoms with Gasteiger partial charge >= 0.3 is 11.9 Å². The fraction of sp³-hybridized carbons (Fsp3) is 0.292. The maximum absolute atomic E-state index is 13.1. The monoisotopic (exact) mass is 552 g/mol. The van der Waals surface area contributed by atoms with Crippen LogP contribution < -0.4 is 5.69 Å². The third-order valence-electron chi connectivity index (χ3n) is 5.41. The molecule has 0 aliphatic heterocycles. The van der Waals surface area contributed by atoms with Crippen LogP contribution in [0.3, 0.4) is 0 Å². The molecule has 4 aromatic rings. The Kier molecular flexibility index (Phi) is 7.56. The molecule has 2 aromatic heterocycles. The van der Waals surface area contributed by atoms with Gasteiger partial charge in [-0.1, -0.05) is 49.2 Å². The van der Waals surface area contributed by atoms with Crippen LogP contribution in [-0.4, -0.2) is 41.1 Å². The lowest BCUT2D eigenvalue weighted by atomic mass is 10.1. The molecule has 37 heavy (non-hydrogen) atoms. The number of alkyl halides is 3. The zero-order valence-corrected chi connectivity index (χ0v) is 21.2. The second kappa shape index (κ2) is 10.5. The van der Waals surface area contributed by atoms with Crippen molar-refractivity contribution in [3.63, 3.8) is 0 Å². The highest BCUT2D eigenvalue weighted by Gasteiger charge is 2.29. The van der Waals surface area contributed by atoms with Crippen LogP contribution in [0.15, 0.2) is 53.3 Å². The number of carbonyl (C=O) groups excluding carboxylic acids is 1. The molecule has 0 atom stereocenters. The van der Waals surface area contributed by atoms with E-state index in [1.54, 1.807) is 62.4 Å². The van der Waals surface area contributed by atoms with Gasteiger partial charge in [-0.05, 0) is 36.4 Å². The molecule has 0 N–H and O–H groups in total. The Bertz CT molecular complexity index is 1490. The van der Waals surface area contributed by atoms with Crippen molar-refractivity contribution in [2.24, 2.45) is 5.92 Å². The summed E-state index contributed by atoms with van der Waals surface area (Å²) in [5.41, 5.74) is 0.0458. The van der Waals surface area contributed by atoms with Crippen LogP contribution in [0.1, 0.15) is 36.7 Å². The fourth-order valence-electron chi connectivity index (χ4n) is 3.56. The quantitative estimate of drug-likeness (QED) is 0.272. The van der Waals surface area contributed by atoms with Crippen molar-refractivity contribution in [3.05, 3.63) is 80.7 Å². The molecule has 8 nitrogen and oxygen atoms in total. The number of nitrogens with zero attached hydrogens (tertiary/aromatic N) is 6. The molecular weight excluding hydrogens is 532 g/mol. The summed E-state index contributed by atoms with van der Waals surface area (Å²) in [6, 6.07) is 12.9. The van der Waals surface area contributed by atoms with Gasteiger partial charge in [0.25, 0.3) is 0 Å². The number of Topliss-reactive ketones (excluding diaryl/α,β-unsaturated/α-hetero) is 1. The molecule has 0 aliphatic carbocycles. The summed E-state index contributed by atoms with van der Waals surface area (Å²) in [6.45, 7) is 2.50. The standard InChI is InChI=1S/C24H21Cl2F3N6O2/c1-14(2)20(36)22-30-19(31-35(22)18-6-4-3-5-17(18)26)13-34-23(37)33(12-11-24(27,28)29)21(32-34)15-7-9-16(25)10-8-15/h3-10,14H,11-13H2,1-2H3. The molecule has 2 heterocycles. The van der Waals surface area contributed by atoms with Crippen LogP contribution in [-0.2, 0) is 13.1 Å². The van der Waals surface area contributed by atoms with Crippen molar-refractivity contribution in [2.75, 3.05) is 0 Å². The molecule has 2 aromatic carbocycles. The van der Waals surface area contributed by atoms with E-state index < -0.39 is 30.7 Å². The summed E-state index contributed by atoms with van der Waals surface area (Å²) in [5, 5.41) is 9.40. The molecule has 0 unspecified atom stereocenters. The molecule has 194 valence electrons. The van der Waals surface area contributed by atoms with Crippen molar-refractivity contribution in [1.82, 2.24) is 29.1 Å². The maximum Gasteiger partial charge on any atom is 0.390 e. The van der Waals surface area contributed by atoms with E-state index in [0.29, 0.717) is 21.3 Å². The molecule has 13 heteroatoms. The molecule has 0 bridgehead atoms. The maximum atomic E-state index is 13.1. The number of hydrogen-bond donors (Lipinski definition) is 0. The molecule has 0 saturated heterocycles. The number of ketones is 1. The topological polar surface area (TPSA) is 87.6 Å². The van der Waals surface area contributed by atoms with Gasteiger partial charge in [-0.2, -0.15) is 13.2 Å². The van der Waals surface area contributed by atoms with Crippen molar-refractivity contribution in [2.45, 2.75) is 39.5 Å². The van der Waals surface area contributed by atoms with Crippen molar-refractivity contribution < 1.29 is 18.0 Å². The SMILES string of the molecule is CC(C)C(=O)c1nc(Cn2nc(-c3ccc(Cl)cc3)n(CCC(F)(F)F)c2=O)nn1-c1ccccc1Cl. The first kappa shape index (κ1) is 26.6. The number of halogens is 5. The highest BCUT2D eigenvalue weighted by atomic mass is 35.5. The minimum Gasteiger partial charge on any atom is -0.290 e. The van der Waals surface area contributed by atoms with Crippen LogP contribution in [0.4, 0.5) is 13.2 Å². The van der Waals surface area contributed by atoms with E-state index in [4.69, 9.17) is 23.2 Å². The van der Waals surface area contributed by atoms with E-state index in [1.807, 2.05) is 0 Å². The Hall–Kier alpha value is -3.44. The highest BCUT2D eigenvalue weighted by molar-refractivity contribution is 6.32. The first-order chi connectivity index (χ1) is 17.4. The predicted octanol–water partition coefficient (Wildman–Crippen LogP) is 5.44. The lowest BCUT2D eigenvalue weighted by Crippen LogP contribution is -2.27. The number of rotatable bonds is 8. The van der Waals surface area contributed by atoms with Crippen LogP contribution in [0, 0.1) is 5.92 Å². The Morgan fingerprint density at radius 1 is 1.03 bits per heavy atom. The normalized spacial score (nSPS) is 11.9. The molecule has 0 saturated carbocycles. The zero-order chi connectivity index (χ0) is 26.9.